The topological polar surface area (TPSA) is 32.3 Å². The molecule has 0 spiro atoms. The minimum Gasteiger partial charge on any atom is -0.352 e. The summed E-state index contributed by atoms with van der Waals surface area (Å²) in [6, 6.07) is 2.99. The van der Waals surface area contributed by atoms with Crippen molar-refractivity contribution in [1.29, 1.82) is 0 Å². The first-order chi connectivity index (χ1) is 10.1. The highest BCUT2D eigenvalue weighted by molar-refractivity contribution is 5.94. The molecule has 0 saturated carbocycles. The molecule has 21 heavy (non-hydrogen) atoms. The van der Waals surface area contributed by atoms with E-state index in [2.05, 4.69) is 17.1 Å². The van der Waals surface area contributed by atoms with Gasteiger partial charge in [0, 0.05) is 12.6 Å². The molecule has 1 aliphatic rings. The van der Waals surface area contributed by atoms with Crippen LogP contribution in [-0.2, 0) is 0 Å². The summed E-state index contributed by atoms with van der Waals surface area (Å²) in [5.74, 6) is -1.18. The molecule has 1 aliphatic heterocycles. The van der Waals surface area contributed by atoms with E-state index in [-0.39, 0.29) is 5.56 Å². The van der Waals surface area contributed by atoms with Crippen molar-refractivity contribution in [2.75, 3.05) is 26.2 Å². The molecular formula is C16H22F2N2O. The fourth-order valence-corrected chi connectivity index (χ4v) is 2.56. The molecule has 5 heteroatoms. The molecule has 3 nitrogen and oxygen atoms in total. The van der Waals surface area contributed by atoms with E-state index in [1.807, 2.05) is 0 Å². The minimum absolute atomic E-state index is 0.108. The Hall–Kier alpha value is -1.49. The van der Waals surface area contributed by atoms with E-state index in [0.29, 0.717) is 6.54 Å². The second kappa shape index (κ2) is 7.50. The van der Waals surface area contributed by atoms with Gasteiger partial charge in [-0.3, -0.25) is 4.79 Å². The number of hydrogen-bond donors (Lipinski definition) is 1. The number of amides is 1. The number of carbonyl (C=O) groups excluding carboxylic acids is 1. The SMILES string of the molecule is CC1CCN(CCCNC(=O)c2ccc(F)cc2F)CC1. The average molecular weight is 296 g/mol. The predicted octanol–water partition coefficient (Wildman–Crippen LogP) is 2.82. The smallest absolute Gasteiger partial charge is 0.254 e. The Morgan fingerprint density at radius 2 is 2.05 bits per heavy atom. The zero-order chi connectivity index (χ0) is 15.2. The van der Waals surface area contributed by atoms with Gasteiger partial charge in [0.15, 0.2) is 0 Å². The Labute approximate surface area is 124 Å². The zero-order valence-corrected chi connectivity index (χ0v) is 12.4. The Bertz CT molecular complexity index is 485. The zero-order valence-electron chi connectivity index (χ0n) is 12.4. The minimum atomic E-state index is -0.822. The first-order valence-electron chi connectivity index (χ1n) is 7.52. The summed E-state index contributed by atoms with van der Waals surface area (Å²) in [6.45, 7) is 5.94. The Balaban J connectivity index is 1.69. The molecule has 0 radical (unpaired) electrons. The molecule has 0 atom stereocenters. The van der Waals surface area contributed by atoms with Crippen molar-refractivity contribution in [3.8, 4) is 0 Å². The van der Waals surface area contributed by atoms with Gasteiger partial charge < -0.3 is 10.2 Å². The first-order valence-corrected chi connectivity index (χ1v) is 7.52. The van der Waals surface area contributed by atoms with Gasteiger partial charge in [-0.05, 0) is 56.9 Å². The van der Waals surface area contributed by atoms with Crippen LogP contribution < -0.4 is 5.32 Å². The van der Waals surface area contributed by atoms with E-state index in [1.165, 1.54) is 18.9 Å². The van der Waals surface area contributed by atoms with Crippen molar-refractivity contribution >= 4 is 5.91 Å². The number of nitrogens with one attached hydrogen (secondary N) is 1. The number of hydrogen-bond acceptors (Lipinski definition) is 2. The number of halogens is 2. The molecule has 2 rings (SSSR count). The fraction of sp³-hybridized carbons (Fsp3) is 0.562. The lowest BCUT2D eigenvalue weighted by molar-refractivity contribution is 0.0946. The lowest BCUT2D eigenvalue weighted by atomic mass is 9.99. The average Bonchev–Trinajstić information content (AvgIpc) is 2.45. The molecular weight excluding hydrogens is 274 g/mol. The molecule has 1 N–H and O–H groups in total. The monoisotopic (exact) mass is 296 g/mol. The van der Waals surface area contributed by atoms with Crippen LogP contribution in [0.5, 0.6) is 0 Å². The van der Waals surface area contributed by atoms with Crippen molar-refractivity contribution < 1.29 is 13.6 Å². The van der Waals surface area contributed by atoms with Gasteiger partial charge in [0.1, 0.15) is 11.6 Å². The number of nitrogens with zero attached hydrogens (tertiary/aromatic N) is 1. The number of likely N-dealkylation sites (tertiary alicyclic amines) is 1. The molecule has 1 amide bonds. The molecule has 1 heterocycles. The van der Waals surface area contributed by atoms with Crippen molar-refractivity contribution in [3.05, 3.63) is 35.4 Å². The van der Waals surface area contributed by atoms with Crippen LogP contribution >= 0.6 is 0 Å². The molecule has 1 aromatic carbocycles. The number of piperidine rings is 1. The van der Waals surface area contributed by atoms with Crippen molar-refractivity contribution in [1.82, 2.24) is 10.2 Å². The number of benzene rings is 1. The predicted molar refractivity (Wildman–Crippen MR) is 78.1 cm³/mol. The van der Waals surface area contributed by atoms with Gasteiger partial charge >= 0.3 is 0 Å². The maximum absolute atomic E-state index is 13.4. The van der Waals surface area contributed by atoms with E-state index < -0.39 is 17.5 Å². The second-order valence-corrected chi connectivity index (χ2v) is 5.76. The van der Waals surface area contributed by atoms with E-state index in [0.717, 1.165) is 44.1 Å². The van der Waals surface area contributed by atoms with Gasteiger partial charge in [0.05, 0.1) is 5.56 Å². The third-order valence-corrected chi connectivity index (χ3v) is 3.99. The maximum Gasteiger partial charge on any atom is 0.254 e. The maximum atomic E-state index is 13.4. The molecule has 0 bridgehead atoms. The van der Waals surface area contributed by atoms with E-state index in [1.54, 1.807) is 0 Å². The van der Waals surface area contributed by atoms with Crippen LogP contribution in [0.25, 0.3) is 0 Å². The van der Waals surface area contributed by atoms with Gasteiger partial charge in [-0.2, -0.15) is 0 Å². The molecule has 1 aromatic rings. The summed E-state index contributed by atoms with van der Waals surface area (Å²) in [7, 11) is 0. The van der Waals surface area contributed by atoms with Crippen LogP contribution in [0.1, 0.15) is 36.5 Å². The Morgan fingerprint density at radius 1 is 1.33 bits per heavy atom. The van der Waals surface area contributed by atoms with Crippen LogP contribution in [0.3, 0.4) is 0 Å². The van der Waals surface area contributed by atoms with E-state index in [4.69, 9.17) is 0 Å². The first kappa shape index (κ1) is 15.9. The second-order valence-electron chi connectivity index (χ2n) is 5.76. The number of rotatable bonds is 5. The molecule has 1 saturated heterocycles. The van der Waals surface area contributed by atoms with E-state index in [9.17, 15) is 13.6 Å². The summed E-state index contributed by atoms with van der Waals surface area (Å²) in [5, 5.41) is 2.68. The Morgan fingerprint density at radius 3 is 2.71 bits per heavy atom. The van der Waals surface area contributed by atoms with Gasteiger partial charge in [-0.1, -0.05) is 6.92 Å². The molecule has 0 aromatic heterocycles. The molecule has 0 aliphatic carbocycles. The summed E-state index contributed by atoms with van der Waals surface area (Å²) in [5.41, 5.74) is -0.108. The van der Waals surface area contributed by atoms with Crippen molar-refractivity contribution in [2.24, 2.45) is 5.92 Å². The van der Waals surface area contributed by atoms with Gasteiger partial charge in [-0.15, -0.1) is 0 Å². The summed E-state index contributed by atoms with van der Waals surface area (Å²) in [4.78, 5) is 14.2. The van der Waals surface area contributed by atoms with Gasteiger partial charge in [0.2, 0.25) is 0 Å². The molecule has 116 valence electrons. The lowest BCUT2D eigenvalue weighted by Crippen LogP contribution is -2.35. The summed E-state index contributed by atoms with van der Waals surface area (Å²) >= 11 is 0. The van der Waals surface area contributed by atoms with Gasteiger partial charge in [-0.25, -0.2) is 8.78 Å². The van der Waals surface area contributed by atoms with Crippen LogP contribution in [-0.4, -0.2) is 37.0 Å². The summed E-state index contributed by atoms with van der Waals surface area (Å²) < 4.78 is 26.2. The third-order valence-electron chi connectivity index (χ3n) is 3.99. The largest absolute Gasteiger partial charge is 0.352 e. The van der Waals surface area contributed by atoms with Gasteiger partial charge in [0.25, 0.3) is 5.91 Å². The van der Waals surface area contributed by atoms with Crippen LogP contribution in [0.15, 0.2) is 18.2 Å². The van der Waals surface area contributed by atoms with E-state index >= 15 is 0 Å². The fourth-order valence-electron chi connectivity index (χ4n) is 2.56. The lowest BCUT2D eigenvalue weighted by Gasteiger charge is -2.30. The normalized spacial score (nSPS) is 16.9. The van der Waals surface area contributed by atoms with Crippen LogP contribution in [0.4, 0.5) is 8.78 Å². The highest BCUT2D eigenvalue weighted by atomic mass is 19.1. The molecule has 1 fully saturated rings. The third kappa shape index (κ3) is 4.77. The highest BCUT2D eigenvalue weighted by Gasteiger charge is 2.15. The van der Waals surface area contributed by atoms with Crippen LogP contribution in [0.2, 0.25) is 0 Å². The van der Waals surface area contributed by atoms with Crippen molar-refractivity contribution in [3.63, 3.8) is 0 Å². The quantitative estimate of drug-likeness (QED) is 0.847. The summed E-state index contributed by atoms with van der Waals surface area (Å²) in [6.07, 6.45) is 3.29. The van der Waals surface area contributed by atoms with Crippen molar-refractivity contribution in [2.45, 2.75) is 26.2 Å². The highest BCUT2D eigenvalue weighted by Crippen LogP contribution is 2.15. The molecule has 0 unspecified atom stereocenters. The Kier molecular flexibility index (Phi) is 5.67. The number of carbonyl (C=O) groups is 1. The standard InChI is InChI=1S/C16H22F2N2O/c1-12-5-9-20(10-6-12)8-2-7-19-16(21)14-4-3-13(17)11-15(14)18/h3-4,11-12H,2,5-10H2,1H3,(H,19,21). The van der Waals surface area contributed by atoms with Crippen LogP contribution in [0, 0.1) is 17.6 Å².